The number of amides is 1. The van der Waals surface area contributed by atoms with Gasteiger partial charge in [-0.1, -0.05) is 13.8 Å². The second kappa shape index (κ2) is 14.4. The molecule has 0 bridgehead atoms. The van der Waals surface area contributed by atoms with Gasteiger partial charge >= 0.3 is 0 Å². The largest absolute Gasteiger partial charge is 0.379 e. The Morgan fingerprint density at radius 2 is 1.35 bits per heavy atom. The fraction of sp³-hybridized carbons (Fsp3) is 0.857. The van der Waals surface area contributed by atoms with Gasteiger partial charge in [0.2, 0.25) is 5.91 Å². The Balaban J connectivity index is 3.06. The number of hydrogen-bond donors (Lipinski definition) is 1. The average molecular weight is 289 g/mol. The number of Topliss-reactive ketones (excluding diaryl/α,β-unsaturated/α-hetero) is 1. The van der Waals surface area contributed by atoms with Crippen LogP contribution in [0.2, 0.25) is 0 Å². The number of ether oxygens (including phenoxy) is 3. The maximum absolute atomic E-state index is 11.0. The van der Waals surface area contributed by atoms with Crippen molar-refractivity contribution in [1.29, 1.82) is 0 Å². The first kappa shape index (κ1) is 19.0. The molecule has 118 valence electrons. The highest BCUT2D eigenvalue weighted by atomic mass is 16.5. The van der Waals surface area contributed by atoms with Crippen molar-refractivity contribution in [2.24, 2.45) is 0 Å². The van der Waals surface area contributed by atoms with E-state index >= 15 is 0 Å². The molecule has 1 N–H and O–H groups in total. The molecule has 0 radical (unpaired) electrons. The molecule has 0 spiro atoms. The summed E-state index contributed by atoms with van der Waals surface area (Å²) in [5.41, 5.74) is 0. The summed E-state index contributed by atoms with van der Waals surface area (Å²) in [5.74, 6) is 0.248. The number of carbonyl (C=O) groups is 2. The Labute approximate surface area is 121 Å². The van der Waals surface area contributed by atoms with Crippen LogP contribution in [-0.2, 0) is 23.8 Å². The van der Waals surface area contributed by atoms with Crippen LogP contribution < -0.4 is 5.32 Å². The molecule has 1 amide bonds. The van der Waals surface area contributed by atoms with Crippen molar-refractivity contribution in [2.45, 2.75) is 33.1 Å². The van der Waals surface area contributed by atoms with Crippen LogP contribution in [0.4, 0.5) is 0 Å². The first-order chi connectivity index (χ1) is 9.70. The van der Waals surface area contributed by atoms with Gasteiger partial charge in [-0.3, -0.25) is 9.59 Å². The molecule has 0 heterocycles. The maximum atomic E-state index is 11.0. The van der Waals surface area contributed by atoms with Crippen LogP contribution in [0.5, 0.6) is 0 Å². The summed E-state index contributed by atoms with van der Waals surface area (Å²) in [6.07, 6.45) is 1.53. The van der Waals surface area contributed by atoms with Crippen LogP contribution in [0.1, 0.15) is 33.1 Å². The third-order valence-corrected chi connectivity index (χ3v) is 2.55. The standard InChI is InChI=1S/C14H27NO5/c1-3-13(16)5-7-18-9-11-20-12-10-19-8-6-15-14(17)4-2/h3-12H2,1-2H3,(H,15,17). The van der Waals surface area contributed by atoms with Crippen molar-refractivity contribution in [2.75, 3.05) is 46.2 Å². The Morgan fingerprint density at radius 1 is 0.800 bits per heavy atom. The smallest absolute Gasteiger partial charge is 0.219 e. The fourth-order valence-corrected chi connectivity index (χ4v) is 1.29. The van der Waals surface area contributed by atoms with E-state index in [2.05, 4.69) is 5.32 Å². The lowest BCUT2D eigenvalue weighted by Crippen LogP contribution is -2.26. The highest BCUT2D eigenvalue weighted by molar-refractivity contribution is 5.78. The average Bonchev–Trinajstić information content (AvgIpc) is 2.47. The Bertz CT molecular complexity index is 232. The van der Waals surface area contributed by atoms with Crippen LogP contribution in [0, 0.1) is 0 Å². The monoisotopic (exact) mass is 289 g/mol. The topological polar surface area (TPSA) is 73.9 Å². The number of carbonyl (C=O) groups excluding carboxylic acids is 2. The lowest BCUT2D eigenvalue weighted by atomic mass is 10.2. The summed E-state index contributed by atoms with van der Waals surface area (Å²) in [6, 6.07) is 0. The minimum Gasteiger partial charge on any atom is -0.379 e. The summed E-state index contributed by atoms with van der Waals surface area (Å²) < 4.78 is 15.8. The molecule has 0 unspecified atom stereocenters. The number of ketones is 1. The predicted molar refractivity (Wildman–Crippen MR) is 75.7 cm³/mol. The first-order valence-electron chi connectivity index (χ1n) is 7.22. The summed E-state index contributed by atoms with van der Waals surface area (Å²) in [5, 5.41) is 2.72. The molecule has 0 atom stereocenters. The molecule has 6 heteroatoms. The van der Waals surface area contributed by atoms with Gasteiger partial charge in [0, 0.05) is 25.8 Å². The van der Waals surface area contributed by atoms with Crippen molar-refractivity contribution in [3.63, 3.8) is 0 Å². The molecule has 20 heavy (non-hydrogen) atoms. The van der Waals surface area contributed by atoms with Gasteiger partial charge in [0.15, 0.2) is 0 Å². The fourth-order valence-electron chi connectivity index (χ4n) is 1.29. The molecular weight excluding hydrogens is 262 g/mol. The van der Waals surface area contributed by atoms with Gasteiger partial charge < -0.3 is 19.5 Å². The summed E-state index contributed by atoms with van der Waals surface area (Å²) >= 11 is 0. The van der Waals surface area contributed by atoms with E-state index in [1.165, 1.54) is 0 Å². The van der Waals surface area contributed by atoms with E-state index in [0.717, 1.165) is 0 Å². The van der Waals surface area contributed by atoms with Gasteiger partial charge in [0.25, 0.3) is 0 Å². The first-order valence-corrected chi connectivity index (χ1v) is 7.22. The lowest BCUT2D eigenvalue weighted by Gasteiger charge is -2.07. The summed E-state index contributed by atoms with van der Waals surface area (Å²) in [7, 11) is 0. The zero-order chi connectivity index (χ0) is 15.1. The highest BCUT2D eigenvalue weighted by Crippen LogP contribution is 1.90. The Kier molecular flexibility index (Phi) is 13.7. The van der Waals surface area contributed by atoms with E-state index in [4.69, 9.17) is 14.2 Å². The van der Waals surface area contributed by atoms with Crippen molar-refractivity contribution in [3.8, 4) is 0 Å². The van der Waals surface area contributed by atoms with E-state index in [9.17, 15) is 9.59 Å². The molecule has 0 aliphatic carbocycles. The van der Waals surface area contributed by atoms with Gasteiger partial charge in [-0.05, 0) is 0 Å². The zero-order valence-electron chi connectivity index (χ0n) is 12.6. The highest BCUT2D eigenvalue weighted by Gasteiger charge is 1.98. The maximum Gasteiger partial charge on any atom is 0.219 e. The molecule has 6 nitrogen and oxygen atoms in total. The van der Waals surface area contributed by atoms with Crippen LogP contribution in [-0.4, -0.2) is 57.9 Å². The van der Waals surface area contributed by atoms with Crippen LogP contribution in [0.15, 0.2) is 0 Å². The quantitative estimate of drug-likeness (QED) is 0.482. The van der Waals surface area contributed by atoms with Crippen molar-refractivity contribution in [1.82, 2.24) is 5.32 Å². The van der Waals surface area contributed by atoms with E-state index in [1.54, 1.807) is 0 Å². The van der Waals surface area contributed by atoms with Gasteiger partial charge in [-0.2, -0.15) is 0 Å². The van der Waals surface area contributed by atoms with Gasteiger partial charge in [0.05, 0.1) is 39.6 Å². The normalized spacial score (nSPS) is 10.5. The summed E-state index contributed by atoms with van der Waals surface area (Å²) in [4.78, 5) is 21.9. The Hall–Kier alpha value is -0.980. The van der Waals surface area contributed by atoms with E-state index in [-0.39, 0.29) is 11.7 Å². The van der Waals surface area contributed by atoms with E-state index in [1.807, 2.05) is 13.8 Å². The molecule has 0 rings (SSSR count). The number of nitrogens with one attached hydrogen (secondary N) is 1. The minimum atomic E-state index is 0.0311. The second-order valence-corrected chi connectivity index (χ2v) is 4.18. The van der Waals surface area contributed by atoms with Crippen LogP contribution in [0.3, 0.4) is 0 Å². The lowest BCUT2D eigenvalue weighted by molar-refractivity contribution is -0.121. The molecule has 0 fully saturated rings. The summed E-state index contributed by atoms with van der Waals surface area (Å²) in [6.45, 7) is 7.12. The van der Waals surface area contributed by atoms with Gasteiger partial charge in [0.1, 0.15) is 5.78 Å². The molecule has 0 aromatic rings. The van der Waals surface area contributed by atoms with Crippen molar-refractivity contribution >= 4 is 11.7 Å². The molecule has 0 aromatic heterocycles. The van der Waals surface area contributed by atoms with E-state index in [0.29, 0.717) is 65.4 Å². The van der Waals surface area contributed by atoms with Gasteiger partial charge in [-0.25, -0.2) is 0 Å². The predicted octanol–water partition coefficient (Wildman–Crippen LogP) is 0.932. The molecule has 0 aliphatic heterocycles. The van der Waals surface area contributed by atoms with Gasteiger partial charge in [-0.15, -0.1) is 0 Å². The molecular formula is C14H27NO5. The molecule has 0 saturated carbocycles. The Morgan fingerprint density at radius 3 is 1.90 bits per heavy atom. The molecule has 0 aliphatic rings. The molecule has 0 aromatic carbocycles. The minimum absolute atomic E-state index is 0.0311. The van der Waals surface area contributed by atoms with Crippen molar-refractivity contribution < 1.29 is 23.8 Å². The SMILES string of the molecule is CCC(=O)CCOCCOCCOCCNC(=O)CC. The third-order valence-electron chi connectivity index (χ3n) is 2.55. The van der Waals surface area contributed by atoms with Crippen molar-refractivity contribution in [3.05, 3.63) is 0 Å². The number of rotatable bonds is 14. The second-order valence-electron chi connectivity index (χ2n) is 4.18. The van der Waals surface area contributed by atoms with Crippen LogP contribution in [0.25, 0.3) is 0 Å². The molecule has 0 saturated heterocycles. The zero-order valence-corrected chi connectivity index (χ0v) is 12.6. The van der Waals surface area contributed by atoms with Crippen LogP contribution >= 0.6 is 0 Å². The third kappa shape index (κ3) is 13.5. The van der Waals surface area contributed by atoms with E-state index < -0.39 is 0 Å². The number of hydrogen-bond acceptors (Lipinski definition) is 5.